The summed E-state index contributed by atoms with van der Waals surface area (Å²) >= 11 is 5.67. The minimum Gasteiger partial charge on any atom is -0.326 e. The van der Waals surface area contributed by atoms with Gasteiger partial charge in [0.2, 0.25) is 11.2 Å². The van der Waals surface area contributed by atoms with E-state index < -0.39 is 22.8 Å². The number of nitro groups is 1. The van der Waals surface area contributed by atoms with Crippen molar-refractivity contribution in [2.75, 3.05) is 10.6 Å². The first kappa shape index (κ1) is 25.9. The van der Waals surface area contributed by atoms with E-state index in [1.807, 2.05) is 0 Å². The highest BCUT2D eigenvalue weighted by Gasteiger charge is 2.50. The number of nitrogens with one attached hydrogen (secondary N) is 2. The van der Waals surface area contributed by atoms with Gasteiger partial charge in [0, 0.05) is 29.4 Å². The SMILES string of the molecule is C[n+]1noc(NC(=O)c2ccccc2)c1CN1C(=S)N(C2CC2)C(=O)C1CC(=O)Nc1ccc([N+](=O)[O-])cc1. The van der Waals surface area contributed by atoms with Crippen LogP contribution in [0.4, 0.5) is 17.3 Å². The third-order valence-electron chi connectivity index (χ3n) is 6.49. The monoisotopic (exact) mass is 550 g/mol. The molecule has 0 spiro atoms. The van der Waals surface area contributed by atoms with Gasteiger partial charge < -0.3 is 10.2 Å². The fourth-order valence-corrected chi connectivity index (χ4v) is 4.74. The van der Waals surface area contributed by atoms with Gasteiger partial charge in [-0.1, -0.05) is 18.2 Å². The molecular formula is C25H24N7O6S+. The Kier molecular flexibility index (Phi) is 7.02. The molecule has 0 bridgehead atoms. The third kappa shape index (κ3) is 5.45. The Balaban J connectivity index is 1.35. The molecule has 2 aromatic carbocycles. The van der Waals surface area contributed by atoms with Crippen LogP contribution in [0.15, 0.2) is 59.1 Å². The molecular weight excluding hydrogens is 526 g/mol. The van der Waals surface area contributed by atoms with E-state index in [1.165, 1.54) is 28.9 Å². The molecule has 2 N–H and O–H groups in total. The van der Waals surface area contributed by atoms with Crippen LogP contribution in [0.1, 0.15) is 35.3 Å². The number of anilines is 2. The Morgan fingerprint density at radius 3 is 2.49 bits per heavy atom. The third-order valence-corrected chi connectivity index (χ3v) is 6.92. The Labute approximate surface area is 227 Å². The van der Waals surface area contributed by atoms with Crippen molar-refractivity contribution in [1.82, 2.24) is 15.1 Å². The van der Waals surface area contributed by atoms with E-state index in [0.29, 0.717) is 16.9 Å². The Morgan fingerprint density at radius 2 is 1.85 bits per heavy atom. The van der Waals surface area contributed by atoms with Crippen LogP contribution >= 0.6 is 12.2 Å². The summed E-state index contributed by atoms with van der Waals surface area (Å²) in [6, 6.07) is 13.1. The summed E-state index contributed by atoms with van der Waals surface area (Å²) in [6.07, 6.45) is 1.43. The lowest BCUT2D eigenvalue weighted by Crippen LogP contribution is -2.43. The summed E-state index contributed by atoms with van der Waals surface area (Å²) in [7, 11) is 1.63. The number of benzene rings is 2. The summed E-state index contributed by atoms with van der Waals surface area (Å²) in [5, 5.41) is 20.5. The summed E-state index contributed by atoms with van der Waals surface area (Å²) in [4.78, 5) is 52.6. The van der Waals surface area contributed by atoms with E-state index in [0.717, 1.165) is 12.8 Å². The number of thiocarbonyl (C=S) groups is 1. The van der Waals surface area contributed by atoms with Gasteiger partial charge in [-0.3, -0.25) is 39.2 Å². The average molecular weight is 551 g/mol. The predicted molar refractivity (Wildman–Crippen MR) is 140 cm³/mol. The predicted octanol–water partition coefficient (Wildman–Crippen LogP) is 2.15. The normalized spacial score (nSPS) is 16.9. The molecule has 3 amide bonds. The lowest BCUT2D eigenvalue weighted by atomic mass is 10.1. The molecule has 3 aromatic rings. The highest BCUT2D eigenvalue weighted by molar-refractivity contribution is 7.80. The molecule has 1 aromatic heterocycles. The number of nitro benzene ring substituents is 1. The summed E-state index contributed by atoms with van der Waals surface area (Å²) in [5.41, 5.74) is 1.14. The summed E-state index contributed by atoms with van der Waals surface area (Å²) in [6.45, 7) is 0.0493. The van der Waals surface area contributed by atoms with E-state index in [1.54, 1.807) is 47.2 Å². The van der Waals surface area contributed by atoms with Crippen LogP contribution in [0.5, 0.6) is 0 Å². The van der Waals surface area contributed by atoms with Crippen molar-refractivity contribution in [3.63, 3.8) is 0 Å². The van der Waals surface area contributed by atoms with Crippen molar-refractivity contribution in [3.8, 4) is 0 Å². The highest BCUT2D eigenvalue weighted by Crippen LogP contribution is 2.35. The zero-order valence-corrected chi connectivity index (χ0v) is 21.6. The number of aromatic nitrogens is 2. The van der Waals surface area contributed by atoms with Crippen LogP contribution in [0.2, 0.25) is 0 Å². The van der Waals surface area contributed by atoms with Crippen LogP contribution < -0.4 is 15.3 Å². The van der Waals surface area contributed by atoms with Crippen molar-refractivity contribution in [2.24, 2.45) is 7.05 Å². The fourth-order valence-electron chi connectivity index (χ4n) is 4.30. The Morgan fingerprint density at radius 1 is 1.15 bits per heavy atom. The second-order valence-corrected chi connectivity index (χ2v) is 9.58. The van der Waals surface area contributed by atoms with Crippen LogP contribution in [0.3, 0.4) is 0 Å². The first-order valence-electron chi connectivity index (χ1n) is 12.1. The molecule has 1 atom stereocenters. The van der Waals surface area contributed by atoms with Crippen LogP contribution in [0.25, 0.3) is 0 Å². The molecule has 200 valence electrons. The summed E-state index contributed by atoms with van der Waals surface area (Å²) in [5.74, 6) is -1.04. The van der Waals surface area contributed by atoms with Gasteiger partial charge in [0.1, 0.15) is 12.6 Å². The number of carbonyl (C=O) groups excluding carboxylic acids is 3. The smallest absolute Gasteiger partial charge is 0.307 e. The van der Waals surface area contributed by atoms with Gasteiger partial charge in [-0.15, -0.1) is 0 Å². The van der Waals surface area contributed by atoms with Crippen LogP contribution in [0, 0.1) is 10.1 Å². The number of carbonyl (C=O) groups is 3. The van der Waals surface area contributed by atoms with Gasteiger partial charge >= 0.3 is 5.88 Å². The van der Waals surface area contributed by atoms with E-state index in [2.05, 4.69) is 15.9 Å². The standard InChI is InChI=1S/C25H23N7O6S/c1-29-20(23(38-28-29)27-22(34)15-5-3-2-4-6-15)14-30-19(24(35)31(25(30)39)17-11-12-17)13-21(33)26-16-7-9-18(10-8-16)32(36)37/h2-10,17,19H,11-14H2,1H3,(H-,26,27,28,33,34)/p+1. The molecule has 5 rings (SSSR count). The second-order valence-electron chi connectivity index (χ2n) is 9.21. The van der Waals surface area contributed by atoms with Gasteiger partial charge in [0.15, 0.2) is 12.2 Å². The van der Waals surface area contributed by atoms with E-state index >= 15 is 0 Å². The minimum atomic E-state index is -0.899. The van der Waals surface area contributed by atoms with E-state index in [4.69, 9.17) is 16.7 Å². The lowest BCUT2D eigenvalue weighted by molar-refractivity contribution is -0.746. The average Bonchev–Trinajstić information content (AvgIpc) is 3.66. The molecule has 14 heteroatoms. The second kappa shape index (κ2) is 10.6. The molecule has 1 unspecified atom stereocenters. The molecule has 13 nitrogen and oxygen atoms in total. The van der Waals surface area contributed by atoms with Crippen LogP contribution in [-0.2, 0) is 23.2 Å². The lowest BCUT2D eigenvalue weighted by Gasteiger charge is -2.22. The number of rotatable bonds is 9. The maximum Gasteiger partial charge on any atom is 0.307 e. The maximum atomic E-state index is 13.4. The van der Waals surface area contributed by atoms with Gasteiger partial charge in [-0.25, -0.2) is 0 Å². The molecule has 1 aliphatic carbocycles. The number of amides is 3. The Bertz CT molecular complexity index is 1460. The van der Waals surface area contributed by atoms with Gasteiger partial charge in [-0.2, -0.15) is 0 Å². The zero-order valence-electron chi connectivity index (χ0n) is 20.8. The van der Waals surface area contributed by atoms with Crippen molar-refractivity contribution >= 4 is 52.3 Å². The van der Waals surface area contributed by atoms with Crippen molar-refractivity contribution in [3.05, 3.63) is 76.0 Å². The Hall–Kier alpha value is -4.72. The number of aryl methyl sites for hydroxylation is 1. The van der Waals surface area contributed by atoms with E-state index in [-0.39, 0.29) is 41.6 Å². The maximum absolute atomic E-state index is 13.4. The molecule has 1 aliphatic heterocycles. The molecule has 2 heterocycles. The molecule has 1 saturated carbocycles. The van der Waals surface area contributed by atoms with Crippen molar-refractivity contribution in [1.29, 1.82) is 0 Å². The van der Waals surface area contributed by atoms with Gasteiger partial charge in [-0.05, 0) is 54.0 Å². The topological polar surface area (TPSA) is 155 Å². The van der Waals surface area contributed by atoms with E-state index in [9.17, 15) is 24.5 Å². The van der Waals surface area contributed by atoms with Crippen molar-refractivity contribution in [2.45, 2.75) is 37.9 Å². The first-order valence-corrected chi connectivity index (χ1v) is 12.5. The molecule has 39 heavy (non-hydrogen) atoms. The number of hydrogen-bond acceptors (Lipinski definition) is 8. The van der Waals surface area contributed by atoms with Crippen molar-refractivity contribution < 1.29 is 28.5 Å². The fraction of sp³-hybridized carbons (Fsp3) is 0.280. The highest BCUT2D eigenvalue weighted by atomic mass is 32.1. The van der Waals surface area contributed by atoms with Crippen LogP contribution in [-0.4, -0.2) is 54.9 Å². The molecule has 2 aliphatic rings. The molecule has 2 fully saturated rings. The largest absolute Gasteiger partial charge is 0.326 e. The number of non-ortho nitro benzene ring substituents is 1. The summed E-state index contributed by atoms with van der Waals surface area (Å²) < 4.78 is 6.79. The molecule has 1 saturated heterocycles. The zero-order chi connectivity index (χ0) is 27.7. The molecule has 0 radical (unpaired) electrons. The van der Waals surface area contributed by atoms with Gasteiger partial charge in [0.05, 0.1) is 11.3 Å². The quantitative estimate of drug-likeness (QED) is 0.176. The van der Waals surface area contributed by atoms with Gasteiger partial charge in [0.25, 0.3) is 23.2 Å². The number of nitrogens with zero attached hydrogens (tertiary/aromatic N) is 5. The number of hydrogen-bond donors (Lipinski definition) is 2. The minimum absolute atomic E-state index is 0.0105. The first-order chi connectivity index (χ1) is 18.7.